The highest BCUT2D eigenvalue weighted by molar-refractivity contribution is 6.06. The summed E-state index contributed by atoms with van der Waals surface area (Å²) < 4.78 is 5.49. The molecule has 0 radical (unpaired) electrons. The fraction of sp³-hybridized carbons (Fsp3) is 0.136. The van der Waals surface area contributed by atoms with Gasteiger partial charge in [0.2, 0.25) is 0 Å². The van der Waals surface area contributed by atoms with Gasteiger partial charge in [-0.2, -0.15) is 0 Å². The van der Waals surface area contributed by atoms with Crippen molar-refractivity contribution < 1.29 is 14.6 Å². The molecule has 26 heavy (non-hydrogen) atoms. The number of phenols is 1. The van der Waals surface area contributed by atoms with Crippen molar-refractivity contribution in [2.45, 2.75) is 13.5 Å². The van der Waals surface area contributed by atoms with Crippen LogP contribution in [0.4, 0.5) is 5.69 Å². The minimum atomic E-state index is -0.127. The lowest BCUT2D eigenvalue weighted by molar-refractivity contribution is 0.0985. The van der Waals surface area contributed by atoms with Gasteiger partial charge < -0.3 is 14.7 Å². The molecule has 3 aromatic carbocycles. The fourth-order valence-electron chi connectivity index (χ4n) is 2.70. The molecule has 0 spiro atoms. The first-order valence-corrected chi connectivity index (χ1v) is 8.55. The van der Waals surface area contributed by atoms with Crippen molar-refractivity contribution in [1.82, 2.24) is 0 Å². The Labute approximate surface area is 153 Å². The van der Waals surface area contributed by atoms with Gasteiger partial charge >= 0.3 is 0 Å². The van der Waals surface area contributed by atoms with E-state index in [-0.39, 0.29) is 11.7 Å². The van der Waals surface area contributed by atoms with Crippen LogP contribution in [-0.2, 0) is 6.54 Å². The van der Waals surface area contributed by atoms with Gasteiger partial charge in [0, 0.05) is 11.3 Å². The number of hydrogen-bond donors (Lipinski definition) is 1. The molecule has 0 saturated heterocycles. The van der Waals surface area contributed by atoms with Crippen LogP contribution in [-0.4, -0.2) is 17.6 Å². The number of ether oxygens (including phenoxy) is 1. The van der Waals surface area contributed by atoms with Gasteiger partial charge in [-0.1, -0.05) is 30.3 Å². The molecule has 0 fully saturated rings. The average molecular weight is 347 g/mol. The predicted molar refractivity (Wildman–Crippen MR) is 103 cm³/mol. The van der Waals surface area contributed by atoms with Gasteiger partial charge in [-0.25, -0.2) is 0 Å². The van der Waals surface area contributed by atoms with Crippen molar-refractivity contribution >= 4 is 11.6 Å². The first kappa shape index (κ1) is 17.5. The van der Waals surface area contributed by atoms with Crippen molar-refractivity contribution in [1.29, 1.82) is 0 Å². The van der Waals surface area contributed by atoms with Crippen LogP contribution in [0.1, 0.15) is 22.8 Å². The van der Waals surface area contributed by atoms with Crippen LogP contribution < -0.4 is 9.64 Å². The van der Waals surface area contributed by atoms with Crippen LogP contribution >= 0.6 is 0 Å². The Kier molecular flexibility index (Phi) is 5.54. The molecule has 0 heterocycles. The smallest absolute Gasteiger partial charge is 0.258 e. The number of carbonyl (C=O) groups excluding carboxylic acids is 1. The molecule has 0 aliphatic heterocycles. The number of nitrogens with zero attached hydrogens (tertiary/aromatic N) is 1. The highest BCUT2D eigenvalue weighted by Crippen LogP contribution is 2.24. The number of aromatic hydroxyl groups is 1. The summed E-state index contributed by atoms with van der Waals surface area (Å²) in [5.74, 6) is 0.781. The maximum Gasteiger partial charge on any atom is 0.258 e. The Morgan fingerprint density at radius 1 is 0.923 bits per heavy atom. The second-order valence-electron chi connectivity index (χ2n) is 5.85. The lowest BCUT2D eigenvalue weighted by Gasteiger charge is -2.23. The van der Waals surface area contributed by atoms with E-state index in [1.165, 1.54) is 12.1 Å². The van der Waals surface area contributed by atoms with E-state index in [4.69, 9.17) is 4.74 Å². The minimum Gasteiger partial charge on any atom is -0.508 e. The zero-order valence-corrected chi connectivity index (χ0v) is 14.6. The molecule has 3 rings (SSSR count). The predicted octanol–water partition coefficient (Wildman–Crippen LogP) is 4.64. The summed E-state index contributed by atoms with van der Waals surface area (Å²) in [6, 6.07) is 23.6. The third-order valence-corrected chi connectivity index (χ3v) is 4.00. The summed E-state index contributed by atoms with van der Waals surface area (Å²) in [5.41, 5.74) is 2.34. The normalized spacial score (nSPS) is 10.3. The molecule has 4 heteroatoms. The van der Waals surface area contributed by atoms with Gasteiger partial charge in [-0.3, -0.25) is 4.79 Å². The fourth-order valence-corrected chi connectivity index (χ4v) is 2.70. The summed E-state index contributed by atoms with van der Waals surface area (Å²) in [6.07, 6.45) is 0. The molecule has 0 atom stereocenters. The number of benzene rings is 3. The van der Waals surface area contributed by atoms with Gasteiger partial charge in [0.05, 0.1) is 13.2 Å². The van der Waals surface area contributed by atoms with Crippen LogP contribution in [0.5, 0.6) is 11.5 Å². The van der Waals surface area contributed by atoms with Crippen LogP contribution in [0.3, 0.4) is 0 Å². The third kappa shape index (κ3) is 4.22. The number of carbonyl (C=O) groups is 1. The van der Waals surface area contributed by atoms with Crippen molar-refractivity contribution in [2.24, 2.45) is 0 Å². The highest BCUT2D eigenvalue weighted by atomic mass is 16.5. The lowest BCUT2D eigenvalue weighted by Crippen LogP contribution is -2.30. The van der Waals surface area contributed by atoms with Crippen LogP contribution in [0, 0.1) is 0 Å². The van der Waals surface area contributed by atoms with E-state index in [0.717, 1.165) is 17.0 Å². The molecule has 132 valence electrons. The number of anilines is 1. The third-order valence-electron chi connectivity index (χ3n) is 4.00. The molecule has 1 N–H and O–H groups in total. The molecule has 1 amide bonds. The molecule has 0 bridgehead atoms. The van der Waals surface area contributed by atoms with Crippen LogP contribution in [0.25, 0.3) is 0 Å². The molecule has 0 aliphatic carbocycles. The quantitative estimate of drug-likeness (QED) is 0.707. The maximum atomic E-state index is 13.1. The number of phenolic OH excluding ortho intramolecular Hbond substituents is 1. The SMILES string of the molecule is CCOc1ccc(N(Cc2ccccc2)C(=O)c2ccc(O)cc2)cc1. The Morgan fingerprint density at radius 2 is 1.58 bits per heavy atom. The van der Waals surface area contributed by atoms with Crippen molar-refractivity contribution in [2.75, 3.05) is 11.5 Å². The Bertz CT molecular complexity index is 843. The Hall–Kier alpha value is -3.27. The molecule has 0 unspecified atom stereocenters. The van der Waals surface area contributed by atoms with E-state index in [1.54, 1.807) is 17.0 Å². The van der Waals surface area contributed by atoms with Crippen LogP contribution in [0.2, 0.25) is 0 Å². The topological polar surface area (TPSA) is 49.8 Å². The molecular formula is C22H21NO3. The summed E-state index contributed by atoms with van der Waals surface area (Å²) in [7, 11) is 0. The number of hydrogen-bond acceptors (Lipinski definition) is 3. The Morgan fingerprint density at radius 3 is 2.19 bits per heavy atom. The van der Waals surface area contributed by atoms with Gasteiger partial charge in [-0.05, 0) is 61.0 Å². The van der Waals surface area contributed by atoms with Crippen molar-refractivity contribution in [3.05, 3.63) is 90.0 Å². The van der Waals surface area contributed by atoms with E-state index >= 15 is 0 Å². The highest BCUT2D eigenvalue weighted by Gasteiger charge is 2.18. The molecule has 3 aromatic rings. The number of amides is 1. The van der Waals surface area contributed by atoms with E-state index in [2.05, 4.69) is 0 Å². The summed E-state index contributed by atoms with van der Waals surface area (Å²) in [4.78, 5) is 14.8. The van der Waals surface area contributed by atoms with E-state index < -0.39 is 0 Å². The molecule has 0 aromatic heterocycles. The summed E-state index contributed by atoms with van der Waals surface area (Å²) in [6.45, 7) is 2.98. The molecule has 0 saturated carbocycles. The maximum absolute atomic E-state index is 13.1. The second-order valence-corrected chi connectivity index (χ2v) is 5.85. The molecule has 0 aliphatic rings. The minimum absolute atomic E-state index is 0.127. The summed E-state index contributed by atoms with van der Waals surface area (Å²) in [5, 5.41) is 9.47. The standard InChI is InChI=1S/C22H21NO3/c1-2-26-21-14-10-19(11-15-21)23(16-17-6-4-3-5-7-17)22(25)18-8-12-20(24)13-9-18/h3-15,24H,2,16H2,1H3. The van der Waals surface area contributed by atoms with Crippen LogP contribution in [0.15, 0.2) is 78.9 Å². The lowest BCUT2D eigenvalue weighted by atomic mass is 10.1. The zero-order valence-electron chi connectivity index (χ0n) is 14.6. The zero-order chi connectivity index (χ0) is 18.4. The van der Waals surface area contributed by atoms with Gasteiger partial charge in [-0.15, -0.1) is 0 Å². The largest absolute Gasteiger partial charge is 0.508 e. The first-order valence-electron chi connectivity index (χ1n) is 8.55. The van der Waals surface area contributed by atoms with Crippen molar-refractivity contribution in [3.8, 4) is 11.5 Å². The number of rotatable bonds is 6. The first-order chi connectivity index (χ1) is 12.7. The Balaban J connectivity index is 1.92. The van der Waals surface area contributed by atoms with E-state index in [1.807, 2.05) is 61.5 Å². The monoisotopic (exact) mass is 347 g/mol. The molecular weight excluding hydrogens is 326 g/mol. The van der Waals surface area contributed by atoms with Crippen molar-refractivity contribution in [3.63, 3.8) is 0 Å². The van der Waals surface area contributed by atoms with Gasteiger partial charge in [0.1, 0.15) is 11.5 Å². The van der Waals surface area contributed by atoms with E-state index in [9.17, 15) is 9.90 Å². The van der Waals surface area contributed by atoms with Gasteiger partial charge in [0.25, 0.3) is 5.91 Å². The molecule has 4 nitrogen and oxygen atoms in total. The summed E-state index contributed by atoms with van der Waals surface area (Å²) >= 11 is 0. The van der Waals surface area contributed by atoms with E-state index in [0.29, 0.717) is 18.7 Å². The average Bonchev–Trinajstić information content (AvgIpc) is 2.68. The van der Waals surface area contributed by atoms with Gasteiger partial charge in [0.15, 0.2) is 0 Å². The second kappa shape index (κ2) is 8.21.